The van der Waals surface area contributed by atoms with E-state index in [1.807, 2.05) is 0 Å². The number of rotatable bonds is 2. The van der Waals surface area contributed by atoms with Crippen LogP contribution in [0.25, 0.3) is 0 Å². The lowest BCUT2D eigenvalue weighted by atomic mass is 10.1. The molecule has 0 spiro atoms. The highest BCUT2D eigenvalue weighted by Crippen LogP contribution is 2.56. The Bertz CT molecular complexity index is 111. The van der Waals surface area contributed by atoms with E-state index < -0.39 is 0 Å². The monoisotopic (exact) mass is 192 g/mol. The summed E-state index contributed by atoms with van der Waals surface area (Å²) in [6, 6.07) is 0. The molecule has 2 atom stereocenters. The number of hydrogen-bond donors (Lipinski definition) is 0. The second-order valence-electron chi connectivity index (χ2n) is 3.28. The molecule has 0 amide bonds. The van der Waals surface area contributed by atoms with Crippen LogP contribution in [-0.2, 0) is 4.74 Å². The highest BCUT2D eigenvalue weighted by molar-refractivity contribution is 9.09. The van der Waals surface area contributed by atoms with Crippen molar-refractivity contribution in [3.05, 3.63) is 0 Å². The SMILES string of the molecule is COC[C@@H]1[C@H](Br)C1(C)C. The highest BCUT2D eigenvalue weighted by atomic mass is 79.9. The molecule has 0 aromatic carbocycles. The molecule has 0 aromatic rings. The van der Waals surface area contributed by atoms with E-state index >= 15 is 0 Å². The second kappa shape index (κ2) is 2.24. The van der Waals surface area contributed by atoms with Crippen molar-refractivity contribution >= 4 is 15.9 Å². The molecule has 1 aliphatic carbocycles. The zero-order chi connectivity index (χ0) is 7.07. The summed E-state index contributed by atoms with van der Waals surface area (Å²) in [6.07, 6.45) is 0. The summed E-state index contributed by atoms with van der Waals surface area (Å²) in [6.45, 7) is 5.41. The van der Waals surface area contributed by atoms with Gasteiger partial charge in [-0.25, -0.2) is 0 Å². The van der Waals surface area contributed by atoms with Gasteiger partial charge < -0.3 is 4.74 Å². The van der Waals surface area contributed by atoms with Gasteiger partial charge in [0.25, 0.3) is 0 Å². The van der Waals surface area contributed by atoms with Crippen LogP contribution >= 0.6 is 15.9 Å². The quantitative estimate of drug-likeness (QED) is 0.610. The first kappa shape index (κ1) is 7.55. The van der Waals surface area contributed by atoms with Gasteiger partial charge in [0, 0.05) is 17.9 Å². The molecule has 0 radical (unpaired) electrons. The second-order valence-corrected chi connectivity index (χ2v) is 4.27. The van der Waals surface area contributed by atoms with Gasteiger partial charge in [0.15, 0.2) is 0 Å². The van der Waals surface area contributed by atoms with Gasteiger partial charge in [-0.3, -0.25) is 0 Å². The first-order valence-electron chi connectivity index (χ1n) is 3.23. The molecule has 0 unspecified atom stereocenters. The maximum Gasteiger partial charge on any atom is 0.0506 e. The molecule has 0 aliphatic heterocycles. The molecular weight excluding hydrogens is 180 g/mol. The van der Waals surface area contributed by atoms with E-state index in [0.29, 0.717) is 10.2 Å². The molecule has 0 N–H and O–H groups in total. The van der Waals surface area contributed by atoms with Crippen molar-refractivity contribution in [1.82, 2.24) is 0 Å². The Kier molecular flexibility index (Phi) is 1.88. The number of ether oxygens (including phenoxy) is 1. The average molecular weight is 193 g/mol. The summed E-state index contributed by atoms with van der Waals surface area (Å²) in [5.41, 5.74) is 0.468. The lowest BCUT2D eigenvalue weighted by molar-refractivity contribution is 0.175. The summed E-state index contributed by atoms with van der Waals surface area (Å²) in [4.78, 5) is 0.671. The molecule has 1 saturated carbocycles. The summed E-state index contributed by atoms with van der Waals surface area (Å²) >= 11 is 3.59. The Balaban J connectivity index is 2.33. The van der Waals surface area contributed by atoms with Crippen LogP contribution in [-0.4, -0.2) is 18.5 Å². The van der Waals surface area contributed by atoms with Crippen LogP contribution in [0.2, 0.25) is 0 Å². The predicted octanol–water partition coefficient (Wildman–Crippen LogP) is 2.05. The Labute approximate surface area is 64.9 Å². The zero-order valence-corrected chi connectivity index (χ0v) is 7.73. The summed E-state index contributed by atoms with van der Waals surface area (Å²) < 4.78 is 5.04. The van der Waals surface area contributed by atoms with Gasteiger partial charge in [0.1, 0.15) is 0 Å². The molecule has 1 nitrogen and oxygen atoms in total. The minimum Gasteiger partial charge on any atom is -0.384 e. The van der Waals surface area contributed by atoms with Crippen molar-refractivity contribution in [3.63, 3.8) is 0 Å². The molecule has 9 heavy (non-hydrogen) atoms. The van der Waals surface area contributed by atoms with Gasteiger partial charge in [-0.05, 0) is 5.41 Å². The molecule has 1 fully saturated rings. The van der Waals surface area contributed by atoms with Crippen molar-refractivity contribution in [1.29, 1.82) is 0 Å². The van der Waals surface area contributed by atoms with E-state index in [-0.39, 0.29) is 0 Å². The Morgan fingerprint density at radius 2 is 2.00 bits per heavy atom. The van der Waals surface area contributed by atoms with Crippen molar-refractivity contribution in [3.8, 4) is 0 Å². The molecule has 0 bridgehead atoms. The fourth-order valence-corrected chi connectivity index (χ4v) is 2.18. The summed E-state index contributed by atoms with van der Waals surface area (Å²) in [5, 5.41) is 0. The Morgan fingerprint density at radius 3 is 2.11 bits per heavy atom. The van der Waals surface area contributed by atoms with Crippen molar-refractivity contribution in [2.45, 2.75) is 18.7 Å². The third-order valence-corrected chi connectivity index (χ3v) is 4.07. The zero-order valence-electron chi connectivity index (χ0n) is 6.15. The number of hydrogen-bond acceptors (Lipinski definition) is 1. The largest absolute Gasteiger partial charge is 0.384 e. The van der Waals surface area contributed by atoms with E-state index in [1.165, 1.54) is 0 Å². The normalized spacial score (nSPS) is 38.7. The van der Waals surface area contributed by atoms with E-state index in [1.54, 1.807) is 7.11 Å². The van der Waals surface area contributed by atoms with Crippen molar-refractivity contribution < 1.29 is 4.74 Å². The number of halogens is 1. The smallest absolute Gasteiger partial charge is 0.0506 e. The van der Waals surface area contributed by atoms with Gasteiger partial charge in [-0.2, -0.15) is 0 Å². The van der Waals surface area contributed by atoms with Gasteiger partial charge in [-0.1, -0.05) is 29.8 Å². The standard InChI is InChI=1S/C7H13BrO/c1-7(2)5(4-9-3)6(7)8/h5-6H,4H2,1-3H3/t5-,6+/m1/s1. The lowest BCUT2D eigenvalue weighted by Gasteiger charge is -1.98. The van der Waals surface area contributed by atoms with Gasteiger partial charge in [0.2, 0.25) is 0 Å². The minimum absolute atomic E-state index is 0.468. The van der Waals surface area contributed by atoms with Crippen LogP contribution in [0.15, 0.2) is 0 Å². The number of methoxy groups -OCH3 is 1. The summed E-state index contributed by atoms with van der Waals surface area (Å²) in [7, 11) is 1.76. The van der Waals surface area contributed by atoms with Gasteiger partial charge in [0.05, 0.1) is 6.61 Å². The van der Waals surface area contributed by atoms with Crippen LogP contribution < -0.4 is 0 Å². The maximum absolute atomic E-state index is 5.04. The van der Waals surface area contributed by atoms with Crippen molar-refractivity contribution in [2.24, 2.45) is 11.3 Å². The van der Waals surface area contributed by atoms with Crippen LogP contribution in [0, 0.1) is 11.3 Å². The molecule has 0 saturated heterocycles. The molecule has 54 valence electrons. The fraction of sp³-hybridized carbons (Fsp3) is 1.00. The van der Waals surface area contributed by atoms with E-state index in [4.69, 9.17) is 4.74 Å². The predicted molar refractivity (Wildman–Crippen MR) is 41.9 cm³/mol. The first-order chi connectivity index (χ1) is 4.10. The van der Waals surface area contributed by atoms with Gasteiger partial charge in [-0.15, -0.1) is 0 Å². The topological polar surface area (TPSA) is 9.23 Å². The minimum atomic E-state index is 0.468. The Hall–Kier alpha value is 0.440. The van der Waals surface area contributed by atoms with E-state index in [0.717, 1.165) is 12.5 Å². The molecule has 1 rings (SSSR count). The molecule has 0 aromatic heterocycles. The molecule has 0 heterocycles. The van der Waals surface area contributed by atoms with Crippen molar-refractivity contribution in [2.75, 3.05) is 13.7 Å². The van der Waals surface area contributed by atoms with Crippen LogP contribution in [0.4, 0.5) is 0 Å². The molecule has 1 aliphatic rings. The average Bonchev–Trinajstić information content (AvgIpc) is 2.19. The number of alkyl halides is 1. The van der Waals surface area contributed by atoms with Crippen LogP contribution in [0.1, 0.15) is 13.8 Å². The fourth-order valence-electron chi connectivity index (χ4n) is 1.16. The third-order valence-electron chi connectivity index (χ3n) is 2.26. The maximum atomic E-state index is 5.04. The summed E-state index contributed by atoms with van der Waals surface area (Å²) in [5.74, 6) is 0.725. The van der Waals surface area contributed by atoms with Crippen LogP contribution in [0.3, 0.4) is 0 Å². The molecule has 2 heteroatoms. The van der Waals surface area contributed by atoms with E-state index in [9.17, 15) is 0 Å². The molecular formula is C7H13BrO. The van der Waals surface area contributed by atoms with Gasteiger partial charge >= 0.3 is 0 Å². The third kappa shape index (κ3) is 1.15. The lowest BCUT2D eigenvalue weighted by Crippen LogP contribution is -1.97. The van der Waals surface area contributed by atoms with E-state index in [2.05, 4.69) is 29.8 Å². The highest BCUT2D eigenvalue weighted by Gasteiger charge is 2.55. The first-order valence-corrected chi connectivity index (χ1v) is 4.15. The van der Waals surface area contributed by atoms with Crippen LogP contribution in [0.5, 0.6) is 0 Å². The Morgan fingerprint density at radius 1 is 1.56 bits per heavy atom.